The smallest absolute Gasteiger partial charge is 0.337 e. The van der Waals surface area contributed by atoms with Crippen molar-refractivity contribution in [1.29, 1.82) is 0 Å². The largest absolute Gasteiger partial charge is 0.478 e. The fourth-order valence-electron chi connectivity index (χ4n) is 2.70. The van der Waals surface area contributed by atoms with Crippen molar-refractivity contribution in [3.63, 3.8) is 0 Å². The average Bonchev–Trinajstić information content (AvgIpc) is 2.49. The number of anilines is 1. The third-order valence-corrected chi connectivity index (χ3v) is 4.69. The third-order valence-electron chi connectivity index (χ3n) is 4.02. The lowest BCUT2D eigenvalue weighted by Crippen LogP contribution is -2.29. The minimum atomic E-state index is -1.03. The molecule has 0 bridgehead atoms. The topological polar surface area (TPSA) is 92.4 Å². The Morgan fingerprint density at radius 3 is 2.52 bits per heavy atom. The molecule has 1 saturated carbocycles. The van der Waals surface area contributed by atoms with E-state index >= 15 is 0 Å². The maximum atomic E-state index is 12.3. The second-order valence-electron chi connectivity index (χ2n) is 5.44. The maximum absolute atomic E-state index is 12.3. The van der Waals surface area contributed by atoms with Crippen molar-refractivity contribution >= 4 is 40.2 Å². The molecule has 21 heavy (non-hydrogen) atoms. The first kappa shape index (κ1) is 16.2. The summed E-state index contributed by atoms with van der Waals surface area (Å²) in [6.45, 7) is 0.675. The molecule has 0 aromatic heterocycles. The van der Waals surface area contributed by atoms with Gasteiger partial charge in [0, 0.05) is 9.49 Å². The predicted octanol–water partition coefficient (Wildman–Crippen LogP) is 2.69. The van der Waals surface area contributed by atoms with Crippen molar-refractivity contribution in [2.75, 3.05) is 11.9 Å². The number of hydrogen-bond donors (Lipinski definition) is 3. The number of hydrogen-bond acceptors (Lipinski definition) is 3. The van der Waals surface area contributed by atoms with Gasteiger partial charge in [-0.3, -0.25) is 4.79 Å². The molecular weight excluding hydrogens is 383 g/mol. The molecule has 0 saturated heterocycles. The molecule has 1 aliphatic rings. The van der Waals surface area contributed by atoms with Crippen LogP contribution >= 0.6 is 22.6 Å². The number of nitrogens with one attached hydrogen (secondary N) is 1. The van der Waals surface area contributed by atoms with E-state index in [0.717, 1.165) is 29.3 Å². The van der Waals surface area contributed by atoms with E-state index in [1.165, 1.54) is 0 Å². The van der Waals surface area contributed by atoms with Gasteiger partial charge in [-0.15, -0.1) is 0 Å². The van der Waals surface area contributed by atoms with E-state index in [2.05, 4.69) is 27.9 Å². The van der Waals surface area contributed by atoms with Gasteiger partial charge in [-0.1, -0.05) is 0 Å². The monoisotopic (exact) mass is 402 g/mol. The zero-order valence-corrected chi connectivity index (χ0v) is 13.8. The van der Waals surface area contributed by atoms with Crippen molar-refractivity contribution < 1.29 is 14.7 Å². The quantitative estimate of drug-likeness (QED) is 0.676. The van der Waals surface area contributed by atoms with Crippen molar-refractivity contribution in [2.45, 2.75) is 25.7 Å². The van der Waals surface area contributed by atoms with Crippen LogP contribution in [0, 0.1) is 15.4 Å². The number of carboxylic acids is 1. The lowest BCUT2D eigenvalue weighted by molar-refractivity contribution is -0.121. The first-order valence-corrected chi connectivity index (χ1v) is 8.13. The Labute approximate surface area is 137 Å². The fourth-order valence-corrected chi connectivity index (χ4v) is 3.19. The van der Waals surface area contributed by atoms with Crippen molar-refractivity contribution in [2.24, 2.45) is 17.6 Å². The molecule has 1 fully saturated rings. The summed E-state index contributed by atoms with van der Waals surface area (Å²) < 4.78 is 0.825. The molecular formula is C15H19IN2O3. The second-order valence-corrected chi connectivity index (χ2v) is 6.68. The molecule has 0 radical (unpaired) electrons. The maximum Gasteiger partial charge on any atom is 0.337 e. The molecule has 0 unspecified atom stereocenters. The van der Waals surface area contributed by atoms with Gasteiger partial charge in [0.05, 0.1) is 11.3 Å². The Balaban J connectivity index is 2.05. The van der Waals surface area contributed by atoms with Crippen molar-refractivity contribution in [3.8, 4) is 0 Å². The van der Waals surface area contributed by atoms with E-state index in [9.17, 15) is 14.7 Å². The molecule has 5 nitrogen and oxygen atoms in total. The van der Waals surface area contributed by atoms with Gasteiger partial charge in [-0.2, -0.15) is 0 Å². The molecule has 4 N–H and O–H groups in total. The Kier molecular flexibility index (Phi) is 5.58. The highest BCUT2D eigenvalue weighted by Gasteiger charge is 2.26. The number of benzene rings is 1. The van der Waals surface area contributed by atoms with Crippen LogP contribution in [0.1, 0.15) is 36.0 Å². The first-order chi connectivity index (χ1) is 10.0. The van der Waals surface area contributed by atoms with Gasteiger partial charge in [0.25, 0.3) is 0 Å². The van der Waals surface area contributed by atoms with E-state index < -0.39 is 5.97 Å². The van der Waals surface area contributed by atoms with Crippen LogP contribution in [0.2, 0.25) is 0 Å². The van der Waals surface area contributed by atoms with E-state index in [1.54, 1.807) is 18.2 Å². The Bertz CT molecular complexity index is 540. The predicted molar refractivity (Wildman–Crippen MR) is 89.3 cm³/mol. The normalized spacial score (nSPS) is 21.8. The van der Waals surface area contributed by atoms with E-state index in [1.807, 2.05) is 0 Å². The summed E-state index contributed by atoms with van der Waals surface area (Å²) in [5.41, 5.74) is 6.15. The number of nitrogens with two attached hydrogens (primary N) is 1. The minimum Gasteiger partial charge on any atom is -0.478 e. The summed E-state index contributed by atoms with van der Waals surface area (Å²) in [6.07, 6.45) is 3.57. The van der Waals surface area contributed by atoms with Gasteiger partial charge in [0.2, 0.25) is 5.91 Å². The van der Waals surface area contributed by atoms with Gasteiger partial charge in [-0.25, -0.2) is 4.79 Å². The van der Waals surface area contributed by atoms with Crippen LogP contribution in [0.15, 0.2) is 18.2 Å². The second kappa shape index (κ2) is 7.22. The molecule has 6 heteroatoms. The number of aromatic carboxylic acids is 1. The molecule has 1 aromatic carbocycles. The third kappa shape index (κ3) is 4.16. The van der Waals surface area contributed by atoms with E-state index in [4.69, 9.17) is 5.73 Å². The number of carbonyl (C=O) groups is 2. The molecule has 114 valence electrons. The van der Waals surface area contributed by atoms with Crippen LogP contribution in [0.3, 0.4) is 0 Å². The van der Waals surface area contributed by atoms with Gasteiger partial charge in [0.1, 0.15) is 0 Å². The molecule has 1 aromatic rings. The molecule has 0 heterocycles. The van der Waals surface area contributed by atoms with Crippen LogP contribution in [-0.2, 0) is 4.79 Å². The Morgan fingerprint density at radius 1 is 1.29 bits per heavy atom. The number of rotatable bonds is 4. The SMILES string of the molecule is NCC1CCC(C(=O)Nc2ccc(I)cc2C(=O)O)CC1. The highest BCUT2D eigenvalue weighted by molar-refractivity contribution is 14.1. The molecule has 1 amide bonds. The molecule has 1 aliphatic carbocycles. The molecule has 0 spiro atoms. The number of carbonyl (C=O) groups excluding carboxylic acids is 1. The highest BCUT2D eigenvalue weighted by atomic mass is 127. The van der Waals surface area contributed by atoms with Gasteiger partial charge in [0.15, 0.2) is 0 Å². The molecule has 0 atom stereocenters. The minimum absolute atomic E-state index is 0.0475. The Morgan fingerprint density at radius 2 is 1.95 bits per heavy atom. The summed E-state index contributed by atoms with van der Waals surface area (Å²) in [7, 11) is 0. The van der Waals surface area contributed by atoms with Crippen molar-refractivity contribution in [3.05, 3.63) is 27.3 Å². The highest BCUT2D eigenvalue weighted by Crippen LogP contribution is 2.29. The summed E-state index contributed by atoms with van der Waals surface area (Å²) in [6, 6.07) is 4.99. The van der Waals surface area contributed by atoms with Crippen LogP contribution < -0.4 is 11.1 Å². The lowest BCUT2D eigenvalue weighted by atomic mass is 9.81. The Hall–Kier alpha value is -1.15. The number of carboxylic acid groups (broad SMARTS) is 1. The van der Waals surface area contributed by atoms with E-state index in [0.29, 0.717) is 18.2 Å². The standard InChI is InChI=1S/C15H19IN2O3/c16-11-5-6-13(12(7-11)15(20)21)18-14(19)10-3-1-9(8-17)2-4-10/h5-7,9-10H,1-4,8,17H2,(H,18,19)(H,20,21). The summed E-state index contributed by atoms with van der Waals surface area (Å²) in [4.78, 5) is 23.5. The van der Waals surface area contributed by atoms with Crippen LogP contribution in [0.5, 0.6) is 0 Å². The summed E-state index contributed by atoms with van der Waals surface area (Å²) >= 11 is 2.05. The van der Waals surface area contributed by atoms with Crippen LogP contribution in [0.25, 0.3) is 0 Å². The van der Waals surface area contributed by atoms with E-state index in [-0.39, 0.29) is 17.4 Å². The van der Waals surface area contributed by atoms with Crippen LogP contribution in [-0.4, -0.2) is 23.5 Å². The summed E-state index contributed by atoms with van der Waals surface area (Å²) in [5.74, 6) is -0.652. The molecule has 2 rings (SSSR count). The van der Waals surface area contributed by atoms with Crippen LogP contribution in [0.4, 0.5) is 5.69 Å². The average molecular weight is 402 g/mol. The summed E-state index contributed by atoms with van der Waals surface area (Å²) in [5, 5.41) is 12.0. The lowest BCUT2D eigenvalue weighted by Gasteiger charge is -2.26. The van der Waals surface area contributed by atoms with Crippen molar-refractivity contribution in [1.82, 2.24) is 0 Å². The first-order valence-electron chi connectivity index (χ1n) is 7.05. The zero-order chi connectivity index (χ0) is 15.4. The van der Waals surface area contributed by atoms with Gasteiger partial charge >= 0.3 is 5.97 Å². The fraction of sp³-hybridized carbons (Fsp3) is 0.467. The van der Waals surface area contributed by atoms with Gasteiger partial charge in [-0.05, 0) is 78.9 Å². The van der Waals surface area contributed by atoms with Gasteiger partial charge < -0.3 is 16.2 Å². The zero-order valence-electron chi connectivity index (χ0n) is 11.6. The molecule has 0 aliphatic heterocycles. The number of amides is 1. The number of halogens is 1.